The van der Waals surface area contributed by atoms with Gasteiger partial charge in [0.1, 0.15) is 11.0 Å². The monoisotopic (exact) mass is 406 g/mol. The van der Waals surface area contributed by atoms with Crippen molar-refractivity contribution in [2.75, 3.05) is 12.4 Å². The summed E-state index contributed by atoms with van der Waals surface area (Å²) in [7, 11) is 1.64. The third-order valence-corrected chi connectivity index (χ3v) is 6.36. The second-order valence-corrected chi connectivity index (χ2v) is 8.27. The summed E-state index contributed by atoms with van der Waals surface area (Å²) in [6.07, 6.45) is 0. The second-order valence-electron chi connectivity index (χ2n) is 6.06. The number of amides is 1. The van der Waals surface area contributed by atoms with Crippen molar-refractivity contribution >= 4 is 44.4 Å². The fourth-order valence-electron chi connectivity index (χ4n) is 2.79. The molecule has 4 rings (SSSR count). The Morgan fingerprint density at radius 2 is 1.75 bits per heavy atom. The summed E-state index contributed by atoms with van der Waals surface area (Å²) in [5.41, 5.74) is 1.80. The maximum absolute atomic E-state index is 13.1. The molecule has 1 amide bonds. The molecule has 1 heterocycles. The zero-order valence-electron chi connectivity index (χ0n) is 15.2. The molecule has 0 saturated heterocycles. The van der Waals surface area contributed by atoms with E-state index in [0.717, 1.165) is 26.4 Å². The number of thioether (sulfide) groups is 1. The molecule has 0 saturated carbocycles. The fourth-order valence-corrected chi connectivity index (χ4v) is 4.74. The molecular weight excluding hydrogens is 388 g/mol. The van der Waals surface area contributed by atoms with Crippen LogP contribution >= 0.6 is 23.1 Å². The van der Waals surface area contributed by atoms with Crippen LogP contribution in [0.25, 0.3) is 10.2 Å². The first-order valence-corrected chi connectivity index (χ1v) is 10.4. The summed E-state index contributed by atoms with van der Waals surface area (Å²) in [6, 6.07) is 25.4. The van der Waals surface area contributed by atoms with Gasteiger partial charge in [0.2, 0.25) is 5.91 Å². The average Bonchev–Trinajstić information content (AvgIpc) is 3.14. The van der Waals surface area contributed by atoms with Crippen molar-refractivity contribution < 1.29 is 9.53 Å². The number of carbonyl (C=O) groups excluding carboxylic acids is 1. The highest BCUT2D eigenvalue weighted by atomic mass is 32.2. The molecule has 4 aromatic rings. The number of ether oxygens (including phenoxy) is 1. The normalized spacial score (nSPS) is 11.9. The Kier molecular flexibility index (Phi) is 5.60. The number of anilines is 1. The lowest BCUT2D eigenvalue weighted by Gasteiger charge is -2.16. The summed E-state index contributed by atoms with van der Waals surface area (Å²) in [5, 5.41) is 3.21. The largest absolute Gasteiger partial charge is 0.497 e. The number of aromatic nitrogens is 1. The molecule has 0 aliphatic heterocycles. The van der Waals surface area contributed by atoms with Crippen molar-refractivity contribution in [3.63, 3.8) is 0 Å². The number of methoxy groups -OCH3 is 1. The number of benzene rings is 3. The Bertz CT molecular complexity index is 1080. The lowest BCUT2D eigenvalue weighted by atomic mass is 10.1. The van der Waals surface area contributed by atoms with E-state index in [2.05, 4.69) is 10.3 Å². The van der Waals surface area contributed by atoms with Gasteiger partial charge < -0.3 is 10.1 Å². The Morgan fingerprint density at radius 3 is 2.46 bits per heavy atom. The molecule has 0 fully saturated rings. The SMILES string of the molecule is COc1ccc2nc(NC(=O)[C@@H](Sc3ccccc3)c3ccccc3)sc2c1. The standard InChI is InChI=1S/C22H18N2O2S2/c1-26-16-12-13-18-19(14-16)28-22(23-18)24-21(25)20(15-8-4-2-5-9-15)27-17-10-6-3-7-11-17/h2-14,20H,1H3,(H,23,24,25)/t20-/m0/s1. The molecule has 3 aromatic carbocycles. The van der Waals surface area contributed by atoms with E-state index in [-0.39, 0.29) is 11.2 Å². The highest BCUT2D eigenvalue weighted by Crippen LogP contribution is 2.37. The molecule has 0 unspecified atom stereocenters. The van der Waals surface area contributed by atoms with Crippen LogP contribution in [0.2, 0.25) is 0 Å². The van der Waals surface area contributed by atoms with E-state index in [1.54, 1.807) is 7.11 Å². The minimum absolute atomic E-state index is 0.0916. The number of carbonyl (C=O) groups is 1. The van der Waals surface area contributed by atoms with Gasteiger partial charge in [-0.2, -0.15) is 0 Å². The number of nitrogens with one attached hydrogen (secondary N) is 1. The van der Waals surface area contributed by atoms with E-state index in [0.29, 0.717) is 5.13 Å². The van der Waals surface area contributed by atoms with Crippen LogP contribution in [-0.2, 0) is 4.79 Å². The summed E-state index contributed by atoms with van der Waals surface area (Å²) < 4.78 is 6.24. The molecule has 0 bridgehead atoms. The second kappa shape index (κ2) is 8.46. The zero-order chi connectivity index (χ0) is 19.3. The fraction of sp³-hybridized carbons (Fsp3) is 0.0909. The van der Waals surface area contributed by atoms with Gasteiger partial charge in [-0.3, -0.25) is 4.79 Å². The highest BCUT2D eigenvalue weighted by molar-refractivity contribution is 8.00. The third-order valence-electron chi connectivity index (χ3n) is 4.16. The van der Waals surface area contributed by atoms with Gasteiger partial charge in [-0.25, -0.2) is 4.98 Å². The molecule has 1 N–H and O–H groups in total. The van der Waals surface area contributed by atoms with Gasteiger partial charge in [0.25, 0.3) is 0 Å². The molecule has 140 valence electrons. The first-order valence-electron chi connectivity index (χ1n) is 8.75. The van der Waals surface area contributed by atoms with Crippen LogP contribution < -0.4 is 10.1 Å². The Balaban J connectivity index is 1.60. The van der Waals surface area contributed by atoms with Crippen LogP contribution in [0.3, 0.4) is 0 Å². The van der Waals surface area contributed by atoms with Gasteiger partial charge in [-0.1, -0.05) is 59.9 Å². The Morgan fingerprint density at radius 1 is 1.04 bits per heavy atom. The van der Waals surface area contributed by atoms with Crippen molar-refractivity contribution in [2.45, 2.75) is 10.1 Å². The van der Waals surface area contributed by atoms with Gasteiger partial charge in [-0.15, -0.1) is 11.8 Å². The van der Waals surface area contributed by atoms with Gasteiger partial charge >= 0.3 is 0 Å². The van der Waals surface area contributed by atoms with Crippen LogP contribution in [0.5, 0.6) is 5.75 Å². The van der Waals surface area contributed by atoms with E-state index >= 15 is 0 Å². The molecule has 1 atom stereocenters. The predicted molar refractivity (Wildman–Crippen MR) is 116 cm³/mol. The van der Waals surface area contributed by atoms with Gasteiger partial charge in [-0.05, 0) is 35.9 Å². The number of fused-ring (bicyclic) bond motifs is 1. The molecule has 28 heavy (non-hydrogen) atoms. The van der Waals surface area contributed by atoms with E-state index in [1.807, 2.05) is 78.9 Å². The van der Waals surface area contributed by atoms with Crippen molar-refractivity contribution in [1.82, 2.24) is 4.98 Å². The minimum atomic E-state index is -0.370. The van der Waals surface area contributed by atoms with Crippen LogP contribution in [0, 0.1) is 0 Å². The first-order chi connectivity index (χ1) is 13.7. The minimum Gasteiger partial charge on any atom is -0.497 e. The topological polar surface area (TPSA) is 51.2 Å². The lowest BCUT2D eigenvalue weighted by molar-refractivity contribution is -0.115. The predicted octanol–water partition coefficient (Wildman–Crippen LogP) is 5.78. The van der Waals surface area contributed by atoms with Crippen molar-refractivity contribution in [3.8, 4) is 5.75 Å². The van der Waals surface area contributed by atoms with Crippen molar-refractivity contribution in [3.05, 3.63) is 84.4 Å². The van der Waals surface area contributed by atoms with E-state index in [1.165, 1.54) is 23.1 Å². The van der Waals surface area contributed by atoms with Crippen LogP contribution in [-0.4, -0.2) is 18.0 Å². The van der Waals surface area contributed by atoms with Crippen LogP contribution in [0.15, 0.2) is 83.8 Å². The van der Waals surface area contributed by atoms with E-state index in [9.17, 15) is 4.79 Å². The van der Waals surface area contributed by atoms with Crippen LogP contribution in [0.1, 0.15) is 10.8 Å². The summed E-state index contributed by atoms with van der Waals surface area (Å²) in [6.45, 7) is 0. The molecule has 6 heteroatoms. The van der Waals surface area contributed by atoms with Gasteiger partial charge in [0, 0.05) is 4.90 Å². The number of hydrogen-bond acceptors (Lipinski definition) is 5. The Hall–Kier alpha value is -2.83. The number of hydrogen-bond donors (Lipinski definition) is 1. The molecule has 1 aromatic heterocycles. The number of rotatable bonds is 6. The average molecular weight is 407 g/mol. The van der Waals surface area contributed by atoms with Gasteiger partial charge in [0.15, 0.2) is 5.13 Å². The number of nitrogens with zero attached hydrogens (tertiary/aromatic N) is 1. The maximum Gasteiger partial charge on any atom is 0.244 e. The molecule has 0 spiro atoms. The molecule has 0 aliphatic rings. The molecular formula is C22H18N2O2S2. The van der Waals surface area contributed by atoms with E-state index < -0.39 is 0 Å². The molecule has 4 nitrogen and oxygen atoms in total. The zero-order valence-corrected chi connectivity index (χ0v) is 16.8. The van der Waals surface area contributed by atoms with Crippen LogP contribution in [0.4, 0.5) is 5.13 Å². The summed E-state index contributed by atoms with van der Waals surface area (Å²) >= 11 is 2.97. The Labute approximate surface area is 171 Å². The summed E-state index contributed by atoms with van der Waals surface area (Å²) in [5.74, 6) is 0.682. The van der Waals surface area contributed by atoms with Gasteiger partial charge in [0.05, 0.1) is 17.3 Å². The highest BCUT2D eigenvalue weighted by Gasteiger charge is 2.23. The number of thiazole rings is 1. The molecule has 0 aliphatic carbocycles. The lowest BCUT2D eigenvalue weighted by Crippen LogP contribution is -2.18. The maximum atomic E-state index is 13.1. The van der Waals surface area contributed by atoms with Crippen molar-refractivity contribution in [2.24, 2.45) is 0 Å². The third kappa shape index (κ3) is 4.18. The summed E-state index contributed by atoms with van der Waals surface area (Å²) in [4.78, 5) is 18.7. The quantitative estimate of drug-likeness (QED) is 0.413. The smallest absolute Gasteiger partial charge is 0.244 e. The molecule has 0 radical (unpaired) electrons. The van der Waals surface area contributed by atoms with Crippen molar-refractivity contribution in [1.29, 1.82) is 0 Å². The van der Waals surface area contributed by atoms with E-state index in [4.69, 9.17) is 4.74 Å². The first kappa shape index (κ1) is 18.5.